The van der Waals surface area contributed by atoms with E-state index in [2.05, 4.69) is 11.6 Å². The number of furan rings is 1. The molecule has 0 saturated carbocycles. The fraction of sp³-hybridized carbons (Fsp3) is 0.500. The van der Waals surface area contributed by atoms with Gasteiger partial charge >= 0.3 is 0 Å². The summed E-state index contributed by atoms with van der Waals surface area (Å²) in [6.45, 7) is 2.00. The number of hydrogen-bond acceptors (Lipinski definition) is 3. The van der Waals surface area contributed by atoms with Gasteiger partial charge in [-0.2, -0.15) is 11.8 Å². The Labute approximate surface area is 88.2 Å². The monoisotopic (exact) mass is 213 g/mol. The number of nitrogens with one attached hydrogen (secondary N) is 1. The van der Waals surface area contributed by atoms with E-state index in [1.54, 1.807) is 23.9 Å². The molecule has 1 rings (SSSR count). The summed E-state index contributed by atoms with van der Waals surface area (Å²) < 4.78 is 4.98. The lowest BCUT2D eigenvalue weighted by Crippen LogP contribution is -2.32. The second-order valence-corrected chi connectivity index (χ2v) is 4.12. The van der Waals surface area contributed by atoms with Crippen LogP contribution in [-0.2, 0) is 0 Å². The van der Waals surface area contributed by atoms with Crippen molar-refractivity contribution in [1.82, 2.24) is 5.32 Å². The number of carbonyl (C=O) groups excluding carboxylic acids is 1. The molecule has 4 heteroatoms. The van der Waals surface area contributed by atoms with Crippen molar-refractivity contribution in [2.75, 3.05) is 12.0 Å². The molecule has 78 valence electrons. The molecule has 0 fully saturated rings. The highest BCUT2D eigenvalue weighted by atomic mass is 32.2. The Morgan fingerprint density at radius 1 is 1.71 bits per heavy atom. The van der Waals surface area contributed by atoms with Crippen LogP contribution in [0.4, 0.5) is 0 Å². The minimum absolute atomic E-state index is 0.136. The zero-order chi connectivity index (χ0) is 10.4. The van der Waals surface area contributed by atoms with Gasteiger partial charge in [0.2, 0.25) is 0 Å². The topological polar surface area (TPSA) is 42.2 Å². The summed E-state index contributed by atoms with van der Waals surface area (Å²) >= 11 is 1.78. The molecular weight excluding hydrogens is 198 g/mol. The molecule has 0 aliphatic carbocycles. The molecule has 1 N–H and O–H groups in total. The van der Waals surface area contributed by atoms with Crippen molar-refractivity contribution in [2.24, 2.45) is 0 Å². The van der Waals surface area contributed by atoms with Crippen molar-refractivity contribution in [3.8, 4) is 0 Å². The molecule has 0 aromatic carbocycles. The predicted octanol–water partition coefficient (Wildman–Crippen LogP) is 2.15. The fourth-order valence-corrected chi connectivity index (χ4v) is 1.66. The van der Waals surface area contributed by atoms with Crippen molar-refractivity contribution in [1.29, 1.82) is 0 Å². The van der Waals surface area contributed by atoms with Crippen molar-refractivity contribution in [3.05, 3.63) is 24.2 Å². The maximum Gasteiger partial charge on any atom is 0.287 e. The van der Waals surface area contributed by atoms with E-state index in [1.807, 2.05) is 6.92 Å². The second kappa shape index (κ2) is 5.75. The molecule has 1 aromatic heterocycles. The van der Waals surface area contributed by atoms with Crippen LogP contribution in [0, 0.1) is 0 Å². The first-order chi connectivity index (χ1) is 6.74. The van der Waals surface area contributed by atoms with Crippen molar-refractivity contribution in [3.63, 3.8) is 0 Å². The van der Waals surface area contributed by atoms with E-state index in [4.69, 9.17) is 4.42 Å². The SMILES string of the molecule is CSCCC(C)NC(=O)c1ccco1. The molecule has 0 bridgehead atoms. The Bertz CT molecular complexity index is 272. The molecule has 1 aromatic rings. The van der Waals surface area contributed by atoms with Crippen molar-refractivity contribution < 1.29 is 9.21 Å². The van der Waals surface area contributed by atoms with E-state index in [9.17, 15) is 4.79 Å². The second-order valence-electron chi connectivity index (χ2n) is 3.13. The number of amides is 1. The molecule has 1 atom stereocenters. The normalized spacial score (nSPS) is 12.4. The van der Waals surface area contributed by atoms with Gasteiger partial charge in [0, 0.05) is 6.04 Å². The van der Waals surface area contributed by atoms with E-state index in [1.165, 1.54) is 6.26 Å². The average molecular weight is 213 g/mol. The molecule has 0 saturated heterocycles. The van der Waals surface area contributed by atoms with E-state index in [0.717, 1.165) is 12.2 Å². The molecule has 0 aliphatic rings. The highest BCUT2D eigenvalue weighted by Gasteiger charge is 2.10. The molecule has 1 heterocycles. The highest BCUT2D eigenvalue weighted by Crippen LogP contribution is 2.03. The molecular formula is C10H15NO2S. The lowest BCUT2D eigenvalue weighted by Gasteiger charge is -2.11. The highest BCUT2D eigenvalue weighted by molar-refractivity contribution is 7.98. The van der Waals surface area contributed by atoms with Crippen LogP contribution in [-0.4, -0.2) is 24.0 Å². The Morgan fingerprint density at radius 3 is 3.07 bits per heavy atom. The Morgan fingerprint density at radius 2 is 2.50 bits per heavy atom. The van der Waals surface area contributed by atoms with Gasteiger partial charge in [-0.25, -0.2) is 0 Å². The minimum Gasteiger partial charge on any atom is -0.459 e. The molecule has 14 heavy (non-hydrogen) atoms. The smallest absolute Gasteiger partial charge is 0.287 e. The van der Waals surface area contributed by atoms with Gasteiger partial charge in [-0.3, -0.25) is 4.79 Å². The fourth-order valence-electron chi connectivity index (χ4n) is 1.07. The van der Waals surface area contributed by atoms with Gasteiger partial charge in [0.15, 0.2) is 5.76 Å². The van der Waals surface area contributed by atoms with Gasteiger partial charge in [-0.1, -0.05) is 0 Å². The third-order valence-electron chi connectivity index (χ3n) is 1.88. The Hall–Kier alpha value is -0.900. The van der Waals surface area contributed by atoms with E-state index in [-0.39, 0.29) is 11.9 Å². The molecule has 0 aliphatic heterocycles. The van der Waals surface area contributed by atoms with Crippen LogP contribution >= 0.6 is 11.8 Å². The zero-order valence-corrected chi connectivity index (χ0v) is 9.26. The lowest BCUT2D eigenvalue weighted by atomic mass is 10.2. The summed E-state index contributed by atoms with van der Waals surface area (Å²) in [6, 6.07) is 3.57. The third-order valence-corrected chi connectivity index (χ3v) is 2.52. The Kier molecular flexibility index (Phi) is 4.59. The molecule has 0 radical (unpaired) electrons. The molecule has 1 unspecified atom stereocenters. The Balaban J connectivity index is 2.34. The van der Waals surface area contributed by atoms with Gasteiger partial charge in [0.05, 0.1) is 6.26 Å². The number of rotatable bonds is 5. The van der Waals surface area contributed by atoms with Gasteiger partial charge in [-0.05, 0) is 37.5 Å². The number of hydrogen-bond donors (Lipinski definition) is 1. The van der Waals surface area contributed by atoms with Crippen LogP contribution in [0.3, 0.4) is 0 Å². The summed E-state index contributed by atoms with van der Waals surface area (Å²) in [5, 5.41) is 2.87. The quantitative estimate of drug-likeness (QED) is 0.815. The van der Waals surface area contributed by atoms with E-state index >= 15 is 0 Å². The third kappa shape index (κ3) is 3.46. The van der Waals surface area contributed by atoms with Crippen LogP contribution in [0.15, 0.2) is 22.8 Å². The number of thioether (sulfide) groups is 1. The summed E-state index contributed by atoms with van der Waals surface area (Å²) in [7, 11) is 0. The van der Waals surface area contributed by atoms with Gasteiger partial charge in [-0.15, -0.1) is 0 Å². The van der Waals surface area contributed by atoms with Crippen LogP contribution < -0.4 is 5.32 Å². The summed E-state index contributed by atoms with van der Waals surface area (Å²) in [5.41, 5.74) is 0. The summed E-state index contributed by atoms with van der Waals surface area (Å²) in [5.74, 6) is 1.30. The largest absolute Gasteiger partial charge is 0.459 e. The maximum atomic E-state index is 11.5. The molecule has 0 spiro atoms. The summed E-state index contributed by atoms with van der Waals surface area (Å²) in [6.07, 6.45) is 4.54. The van der Waals surface area contributed by atoms with Gasteiger partial charge in [0.1, 0.15) is 0 Å². The minimum atomic E-state index is -0.136. The van der Waals surface area contributed by atoms with Crippen LogP contribution in [0.25, 0.3) is 0 Å². The lowest BCUT2D eigenvalue weighted by molar-refractivity contribution is 0.0911. The average Bonchev–Trinajstić information content (AvgIpc) is 2.67. The van der Waals surface area contributed by atoms with Gasteiger partial charge < -0.3 is 9.73 Å². The summed E-state index contributed by atoms with van der Waals surface area (Å²) in [4.78, 5) is 11.5. The van der Waals surface area contributed by atoms with E-state index in [0.29, 0.717) is 5.76 Å². The van der Waals surface area contributed by atoms with Crippen molar-refractivity contribution in [2.45, 2.75) is 19.4 Å². The zero-order valence-electron chi connectivity index (χ0n) is 8.45. The van der Waals surface area contributed by atoms with Crippen molar-refractivity contribution >= 4 is 17.7 Å². The predicted molar refractivity (Wildman–Crippen MR) is 58.6 cm³/mol. The standard InChI is InChI=1S/C10H15NO2S/c1-8(5-7-14-2)11-10(12)9-4-3-6-13-9/h3-4,6,8H,5,7H2,1-2H3,(H,11,12). The van der Waals surface area contributed by atoms with Crippen LogP contribution in [0.2, 0.25) is 0 Å². The molecule has 3 nitrogen and oxygen atoms in total. The van der Waals surface area contributed by atoms with Crippen LogP contribution in [0.5, 0.6) is 0 Å². The first-order valence-corrected chi connectivity index (χ1v) is 5.96. The maximum absolute atomic E-state index is 11.5. The van der Waals surface area contributed by atoms with Gasteiger partial charge in [0.25, 0.3) is 5.91 Å². The van der Waals surface area contributed by atoms with Crippen LogP contribution in [0.1, 0.15) is 23.9 Å². The molecule has 1 amide bonds. The van der Waals surface area contributed by atoms with E-state index < -0.39 is 0 Å². The first-order valence-electron chi connectivity index (χ1n) is 4.57. The first kappa shape index (κ1) is 11.2. The number of carbonyl (C=O) groups is 1.